The quantitative estimate of drug-likeness (QED) is 0.690. The average molecular weight is 412 g/mol. The molecule has 4 aliphatic rings. The van der Waals surface area contributed by atoms with Crippen LogP contribution >= 0.6 is 11.3 Å². The standard InChI is InChI=1S/C22H20O6S/c23-17-11-3-1-9(5-13(11)19(25)21(17)27)15-7-29-8-16(15)10-2-4-12-14(6-10)20(26)22(28)18(12)24/h7-14H,1-6H2. The van der Waals surface area contributed by atoms with E-state index in [1.54, 1.807) is 11.3 Å². The van der Waals surface area contributed by atoms with Gasteiger partial charge >= 0.3 is 0 Å². The van der Waals surface area contributed by atoms with E-state index in [1.807, 2.05) is 0 Å². The number of fused-ring (bicyclic) bond motifs is 2. The second-order valence-corrected chi connectivity index (χ2v) is 9.59. The van der Waals surface area contributed by atoms with Gasteiger partial charge in [0, 0.05) is 23.7 Å². The van der Waals surface area contributed by atoms with Crippen LogP contribution in [0.5, 0.6) is 0 Å². The maximum Gasteiger partial charge on any atom is 0.264 e. The van der Waals surface area contributed by atoms with Crippen LogP contribution in [-0.2, 0) is 28.8 Å². The van der Waals surface area contributed by atoms with Crippen molar-refractivity contribution in [2.45, 2.75) is 50.4 Å². The van der Waals surface area contributed by atoms with Crippen LogP contribution in [0.25, 0.3) is 0 Å². The number of hydrogen-bond donors (Lipinski definition) is 0. The molecule has 0 bridgehead atoms. The van der Waals surface area contributed by atoms with E-state index >= 15 is 0 Å². The summed E-state index contributed by atoms with van der Waals surface area (Å²) in [4.78, 5) is 72.0. The average Bonchev–Trinajstić information content (AvgIpc) is 3.37. The Labute approximate surface area is 171 Å². The van der Waals surface area contributed by atoms with E-state index in [-0.39, 0.29) is 11.8 Å². The maximum atomic E-state index is 12.2. The Hall–Kier alpha value is -2.28. The first-order valence-corrected chi connectivity index (χ1v) is 11.1. The molecule has 6 nitrogen and oxygen atoms in total. The van der Waals surface area contributed by atoms with Crippen molar-refractivity contribution in [1.82, 2.24) is 0 Å². The summed E-state index contributed by atoms with van der Waals surface area (Å²) in [6, 6.07) is 0. The number of ketones is 6. The van der Waals surface area contributed by atoms with Crippen molar-refractivity contribution in [2.24, 2.45) is 23.7 Å². The number of carbonyl (C=O) groups is 6. The fourth-order valence-electron chi connectivity index (χ4n) is 6.01. The van der Waals surface area contributed by atoms with Gasteiger partial charge in [0.15, 0.2) is 0 Å². The molecule has 6 unspecified atom stereocenters. The summed E-state index contributed by atoms with van der Waals surface area (Å²) in [5.74, 6) is -5.43. The van der Waals surface area contributed by atoms with Gasteiger partial charge in [0.05, 0.1) is 0 Å². The normalized spacial score (nSPS) is 37.2. The lowest BCUT2D eigenvalue weighted by atomic mass is 9.69. The van der Waals surface area contributed by atoms with Crippen molar-refractivity contribution < 1.29 is 28.8 Å². The SMILES string of the molecule is O=C1C(=O)C2CCC(c3cscc3C3CCC4C(=O)C(=O)C(=O)C4C3)CC2C1=O. The largest absolute Gasteiger partial charge is 0.290 e. The van der Waals surface area contributed by atoms with Gasteiger partial charge in [0.1, 0.15) is 0 Å². The van der Waals surface area contributed by atoms with Gasteiger partial charge in [-0.3, -0.25) is 28.8 Å². The first-order chi connectivity index (χ1) is 13.9. The number of rotatable bonds is 2. The molecule has 6 atom stereocenters. The second kappa shape index (κ2) is 6.62. The number of Topliss-reactive ketones (excluding diaryl/α,β-unsaturated/α-hetero) is 6. The van der Waals surface area contributed by atoms with Crippen LogP contribution in [0.2, 0.25) is 0 Å². The molecule has 0 spiro atoms. The van der Waals surface area contributed by atoms with Crippen molar-refractivity contribution in [3.8, 4) is 0 Å². The first kappa shape index (κ1) is 18.7. The summed E-state index contributed by atoms with van der Waals surface area (Å²) < 4.78 is 0. The molecule has 1 heterocycles. The Kier molecular flexibility index (Phi) is 4.28. The van der Waals surface area contributed by atoms with Crippen molar-refractivity contribution in [3.05, 3.63) is 21.9 Å². The highest BCUT2D eigenvalue weighted by Crippen LogP contribution is 2.49. The molecule has 29 heavy (non-hydrogen) atoms. The van der Waals surface area contributed by atoms with Crippen LogP contribution in [0.3, 0.4) is 0 Å². The lowest BCUT2D eigenvalue weighted by molar-refractivity contribution is -0.141. The van der Waals surface area contributed by atoms with Crippen molar-refractivity contribution in [3.63, 3.8) is 0 Å². The van der Waals surface area contributed by atoms with Gasteiger partial charge in [0.25, 0.3) is 11.6 Å². The van der Waals surface area contributed by atoms with Crippen molar-refractivity contribution in [2.75, 3.05) is 0 Å². The van der Waals surface area contributed by atoms with Gasteiger partial charge in [-0.15, -0.1) is 0 Å². The van der Waals surface area contributed by atoms with Gasteiger partial charge in [-0.25, -0.2) is 0 Å². The van der Waals surface area contributed by atoms with Gasteiger partial charge < -0.3 is 0 Å². The summed E-state index contributed by atoms with van der Waals surface area (Å²) >= 11 is 1.57. The molecule has 7 heteroatoms. The Morgan fingerprint density at radius 2 is 0.931 bits per heavy atom. The van der Waals surface area contributed by atoms with E-state index in [4.69, 9.17) is 0 Å². The fourth-order valence-corrected chi connectivity index (χ4v) is 7.03. The Morgan fingerprint density at radius 3 is 1.34 bits per heavy atom. The Bertz CT molecular complexity index is 911. The van der Waals surface area contributed by atoms with Gasteiger partial charge in [-0.05, 0) is 72.2 Å². The molecule has 4 fully saturated rings. The van der Waals surface area contributed by atoms with Crippen LogP contribution in [-0.4, -0.2) is 34.7 Å². The predicted octanol–water partition coefficient (Wildman–Crippen LogP) is 2.19. The Balaban J connectivity index is 1.37. The zero-order valence-corrected chi connectivity index (χ0v) is 16.5. The minimum absolute atomic E-state index is 0.111. The monoisotopic (exact) mass is 412 g/mol. The van der Waals surface area contributed by atoms with Crippen molar-refractivity contribution >= 4 is 46.0 Å². The van der Waals surface area contributed by atoms with Gasteiger partial charge in [-0.1, -0.05) is 0 Å². The molecule has 0 amide bonds. The van der Waals surface area contributed by atoms with E-state index < -0.39 is 58.4 Å². The topological polar surface area (TPSA) is 102 Å². The highest BCUT2D eigenvalue weighted by molar-refractivity contribution is 7.08. The molecule has 4 aliphatic carbocycles. The number of carbonyl (C=O) groups excluding carboxylic acids is 6. The van der Waals surface area contributed by atoms with Gasteiger partial charge in [0.2, 0.25) is 23.1 Å². The molecule has 1 aromatic rings. The van der Waals surface area contributed by atoms with E-state index in [2.05, 4.69) is 10.8 Å². The summed E-state index contributed by atoms with van der Waals surface area (Å²) in [5, 5.41) is 4.14. The van der Waals surface area contributed by atoms with E-state index in [9.17, 15) is 28.8 Å². The number of thiophene rings is 1. The van der Waals surface area contributed by atoms with Crippen LogP contribution < -0.4 is 0 Å². The smallest absolute Gasteiger partial charge is 0.264 e. The highest BCUT2D eigenvalue weighted by Gasteiger charge is 2.53. The lowest BCUT2D eigenvalue weighted by Crippen LogP contribution is -2.28. The number of hydrogen-bond acceptors (Lipinski definition) is 7. The van der Waals surface area contributed by atoms with Crippen LogP contribution in [0.4, 0.5) is 0 Å². The minimum Gasteiger partial charge on any atom is -0.290 e. The second-order valence-electron chi connectivity index (χ2n) is 8.84. The summed E-state index contributed by atoms with van der Waals surface area (Å²) in [5.41, 5.74) is 2.28. The zero-order valence-electron chi connectivity index (χ0n) is 15.7. The molecule has 0 aromatic carbocycles. The van der Waals surface area contributed by atoms with E-state index in [1.165, 1.54) is 0 Å². The molecule has 4 saturated carbocycles. The molecule has 150 valence electrons. The summed E-state index contributed by atoms with van der Waals surface area (Å²) in [6.45, 7) is 0. The lowest BCUT2D eigenvalue weighted by Gasteiger charge is -2.33. The highest BCUT2D eigenvalue weighted by atomic mass is 32.1. The third-order valence-corrected chi connectivity index (χ3v) is 8.33. The zero-order chi connectivity index (χ0) is 20.4. The van der Waals surface area contributed by atoms with E-state index in [0.29, 0.717) is 25.7 Å². The maximum absolute atomic E-state index is 12.2. The third-order valence-electron chi connectivity index (χ3n) is 7.55. The van der Waals surface area contributed by atoms with Crippen LogP contribution in [0.15, 0.2) is 10.8 Å². The molecular weight excluding hydrogens is 392 g/mol. The molecule has 5 rings (SSSR count). The Morgan fingerprint density at radius 1 is 0.552 bits per heavy atom. The van der Waals surface area contributed by atoms with E-state index in [0.717, 1.165) is 24.0 Å². The summed E-state index contributed by atoms with van der Waals surface area (Å²) in [6.07, 6.45) is 3.64. The molecular formula is C22H20O6S. The van der Waals surface area contributed by atoms with Crippen molar-refractivity contribution in [1.29, 1.82) is 0 Å². The molecule has 1 aromatic heterocycles. The molecule has 0 saturated heterocycles. The predicted molar refractivity (Wildman–Crippen MR) is 102 cm³/mol. The summed E-state index contributed by atoms with van der Waals surface area (Å²) in [7, 11) is 0. The first-order valence-electron chi connectivity index (χ1n) is 10.2. The fraction of sp³-hybridized carbons (Fsp3) is 0.545. The van der Waals surface area contributed by atoms with Crippen LogP contribution in [0.1, 0.15) is 61.5 Å². The van der Waals surface area contributed by atoms with Crippen LogP contribution in [0, 0.1) is 23.7 Å². The molecule has 0 N–H and O–H groups in total. The molecule has 0 radical (unpaired) electrons. The molecule has 0 aliphatic heterocycles. The van der Waals surface area contributed by atoms with Gasteiger partial charge in [-0.2, -0.15) is 11.3 Å². The third kappa shape index (κ3) is 2.66. The minimum atomic E-state index is -0.835.